The van der Waals surface area contributed by atoms with Gasteiger partial charge in [0.15, 0.2) is 0 Å². The number of likely N-dealkylation sites (tertiary alicyclic amines) is 1. The highest BCUT2D eigenvalue weighted by molar-refractivity contribution is 5.92. The van der Waals surface area contributed by atoms with Gasteiger partial charge in [-0.25, -0.2) is 4.98 Å². The van der Waals surface area contributed by atoms with Crippen LogP contribution >= 0.6 is 0 Å². The molecule has 0 atom stereocenters. The number of hydrogen-bond acceptors (Lipinski definition) is 3. The van der Waals surface area contributed by atoms with E-state index in [9.17, 15) is 9.18 Å². The Morgan fingerprint density at radius 3 is 2.83 bits per heavy atom. The third-order valence-corrected chi connectivity index (χ3v) is 3.23. The molecule has 2 rings (SSSR count). The normalized spacial score (nSPS) is 15.9. The predicted octanol–water partition coefficient (Wildman–Crippen LogP) is 1.39. The van der Waals surface area contributed by atoms with Crippen LogP contribution in [0.15, 0.2) is 18.2 Å². The zero-order valence-electron chi connectivity index (χ0n) is 10.6. The van der Waals surface area contributed by atoms with Gasteiger partial charge in [-0.2, -0.15) is 4.39 Å². The van der Waals surface area contributed by atoms with Gasteiger partial charge in [0.05, 0.1) is 0 Å². The molecule has 18 heavy (non-hydrogen) atoms. The van der Waals surface area contributed by atoms with E-state index in [1.807, 2.05) is 0 Å². The Labute approximate surface area is 106 Å². The molecule has 1 aromatic heterocycles. The van der Waals surface area contributed by atoms with E-state index in [1.54, 1.807) is 11.9 Å². The van der Waals surface area contributed by atoms with Gasteiger partial charge < -0.3 is 9.80 Å². The van der Waals surface area contributed by atoms with Crippen molar-refractivity contribution in [1.29, 1.82) is 0 Å². The summed E-state index contributed by atoms with van der Waals surface area (Å²) < 4.78 is 12.9. The van der Waals surface area contributed by atoms with Gasteiger partial charge in [-0.1, -0.05) is 6.07 Å². The summed E-state index contributed by atoms with van der Waals surface area (Å²) in [5.74, 6) is -0.845. The van der Waals surface area contributed by atoms with Crippen LogP contribution in [0.1, 0.15) is 23.3 Å². The Bertz CT molecular complexity index is 418. The van der Waals surface area contributed by atoms with Crippen LogP contribution in [0.4, 0.5) is 4.39 Å². The number of aromatic nitrogens is 1. The van der Waals surface area contributed by atoms with Crippen molar-refractivity contribution < 1.29 is 9.18 Å². The van der Waals surface area contributed by atoms with Crippen molar-refractivity contribution in [3.63, 3.8) is 0 Å². The van der Waals surface area contributed by atoms with Gasteiger partial charge in [0.25, 0.3) is 5.91 Å². The minimum Gasteiger partial charge on any atom is -0.339 e. The summed E-state index contributed by atoms with van der Waals surface area (Å²) in [5.41, 5.74) is 0.166. The maximum atomic E-state index is 12.9. The van der Waals surface area contributed by atoms with Crippen molar-refractivity contribution in [2.75, 3.05) is 33.2 Å². The monoisotopic (exact) mass is 251 g/mol. The lowest BCUT2D eigenvalue weighted by molar-refractivity contribution is 0.0775. The Hall–Kier alpha value is -1.49. The summed E-state index contributed by atoms with van der Waals surface area (Å²) in [7, 11) is 1.73. The van der Waals surface area contributed by atoms with E-state index < -0.39 is 5.95 Å². The van der Waals surface area contributed by atoms with Gasteiger partial charge in [-0.15, -0.1) is 0 Å². The molecule has 0 unspecified atom stereocenters. The molecule has 4 nitrogen and oxygen atoms in total. The third-order valence-electron chi connectivity index (χ3n) is 3.23. The lowest BCUT2D eigenvalue weighted by Crippen LogP contribution is -2.35. The minimum atomic E-state index is -0.617. The van der Waals surface area contributed by atoms with Gasteiger partial charge in [0.1, 0.15) is 5.69 Å². The van der Waals surface area contributed by atoms with E-state index in [4.69, 9.17) is 0 Å². The average Bonchev–Trinajstić information content (AvgIpc) is 2.88. The van der Waals surface area contributed by atoms with Crippen LogP contribution < -0.4 is 0 Å². The highest BCUT2D eigenvalue weighted by Gasteiger charge is 2.16. The van der Waals surface area contributed by atoms with Gasteiger partial charge in [-0.05, 0) is 38.1 Å². The lowest BCUT2D eigenvalue weighted by Gasteiger charge is -2.21. The van der Waals surface area contributed by atoms with Gasteiger partial charge in [0, 0.05) is 20.1 Å². The third kappa shape index (κ3) is 3.26. The molecule has 1 aliphatic rings. The quantitative estimate of drug-likeness (QED) is 0.759. The Morgan fingerprint density at radius 1 is 1.44 bits per heavy atom. The molecule has 1 amide bonds. The van der Waals surface area contributed by atoms with Gasteiger partial charge >= 0.3 is 0 Å². The number of rotatable bonds is 4. The Morgan fingerprint density at radius 2 is 2.17 bits per heavy atom. The standard InChI is InChI=1S/C13H18FN3O/c1-16(9-10-17-7-2-3-8-17)13(18)11-5-4-6-12(14)15-11/h4-6H,2-3,7-10H2,1H3. The van der Waals surface area contributed by atoms with Crippen LogP contribution in [-0.4, -0.2) is 53.9 Å². The summed E-state index contributed by atoms with van der Waals surface area (Å²) in [6.45, 7) is 3.75. The molecule has 2 heterocycles. The fourth-order valence-electron chi connectivity index (χ4n) is 2.12. The largest absolute Gasteiger partial charge is 0.339 e. The number of pyridine rings is 1. The number of nitrogens with zero attached hydrogens (tertiary/aromatic N) is 3. The first-order valence-electron chi connectivity index (χ1n) is 6.27. The fraction of sp³-hybridized carbons (Fsp3) is 0.538. The van der Waals surface area contributed by atoms with Gasteiger partial charge in [0.2, 0.25) is 5.95 Å². The smallest absolute Gasteiger partial charge is 0.272 e. The first-order valence-corrected chi connectivity index (χ1v) is 6.27. The molecule has 5 heteroatoms. The fourth-order valence-corrected chi connectivity index (χ4v) is 2.12. The molecule has 0 spiro atoms. The molecular formula is C13H18FN3O. The highest BCUT2D eigenvalue weighted by atomic mass is 19.1. The van der Waals surface area contributed by atoms with Crippen molar-refractivity contribution in [2.45, 2.75) is 12.8 Å². The van der Waals surface area contributed by atoms with Crippen molar-refractivity contribution in [2.24, 2.45) is 0 Å². The number of amides is 1. The maximum Gasteiger partial charge on any atom is 0.272 e. The molecule has 0 radical (unpaired) electrons. The topological polar surface area (TPSA) is 36.4 Å². The maximum absolute atomic E-state index is 12.9. The van der Waals surface area contributed by atoms with E-state index in [-0.39, 0.29) is 11.6 Å². The Kier molecular flexibility index (Phi) is 4.25. The second-order valence-electron chi connectivity index (χ2n) is 4.62. The molecule has 0 aliphatic carbocycles. The summed E-state index contributed by atoms with van der Waals surface area (Å²) in [6.07, 6.45) is 2.48. The second kappa shape index (κ2) is 5.91. The zero-order valence-corrected chi connectivity index (χ0v) is 10.6. The number of hydrogen-bond donors (Lipinski definition) is 0. The van der Waals surface area contributed by atoms with Crippen LogP contribution in [0.2, 0.25) is 0 Å². The van der Waals surface area contributed by atoms with E-state index >= 15 is 0 Å². The minimum absolute atomic E-state index is 0.166. The molecule has 1 saturated heterocycles. The van der Waals surface area contributed by atoms with Crippen LogP contribution in [0, 0.1) is 5.95 Å². The SMILES string of the molecule is CN(CCN1CCCC1)C(=O)c1cccc(F)n1. The molecule has 0 aromatic carbocycles. The highest BCUT2D eigenvalue weighted by Crippen LogP contribution is 2.07. The number of carbonyl (C=O) groups excluding carboxylic acids is 1. The Balaban J connectivity index is 1.87. The van der Waals surface area contributed by atoms with Crippen LogP contribution in [-0.2, 0) is 0 Å². The predicted molar refractivity (Wildman–Crippen MR) is 66.8 cm³/mol. The van der Waals surface area contributed by atoms with Crippen molar-refractivity contribution >= 4 is 5.91 Å². The molecule has 0 saturated carbocycles. The van der Waals surface area contributed by atoms with Crippen molar-refractivity contribution in [1.82, 2.24) is 14.8 Å². The zero-order chi connectivity index (χ0) is 13.0. The number of carbonyl (C=O) groups is 1. The molecule has 1 fully saturated rings. The van der Waals surface area contributed by atoms with Gasteiger partial charge in [-0.3, -0.25) is 4.79 Å². The summed E-state index contributed by atoms with van der Waals surface area (Å²) in [4.78, 5) is 19.5. The molecule has 1 aromatic rings. The summed E-state index contributed by atoms with van der Waals surface area (Å²) >= 11 is 0. The number of likely N-dealkylation sites (N-methyl/N-ethyl adjacent to an activating group) is 1. The first-order chi connectivity index (χ1) is 8.66. The molecule has 1 aliphatic heterocycles. The molecule has 0 N–H and O–H groups in total. The second-order valence-corrected chi connectivity index (χ2v) is 4.62. The lowest BCUT2D eigenvalue weighted by atomic mass is 10.3. The molecule has 98 valence electrons. The summed E-state index contributed by atoms with van der Waals surface area (Å²) in [5, 5.41) is 0. The van der Waals surface area contributed by atoms with Crippen LogP contribution in [0.25, 0.3) is 0 Å². The van der Waals surface area contributed by atoms with Crippen LogP contribution in [0.3, 0.4) is 0 Å². The summed E-state index contributed by atoms with van der Waals surface area (Å²) in [6, 6.07) is 4.28. The van der Waals surface area contributed by atoms with Crippen LogP contribution in [0.5, 0.6) is 0 Å². The van der Waals surface area contributed by atoms with E-state index in [0.29, 0.717) is 6.54 Å². The number of halogens is 1. The van der Waals surface area contributed by atoms with Crippen molar-refractivity contribution in [3.05, 3.63) is 29.8 Å². The van der Waals surface area contributed by atoms with Crippen molar-refractivity contribution in [3.8, 4) is 0 Å². The first kappa shape index (κ1) is 13.0. The molecule has 0 bridgehead atoms. The van der Waals surface area contributed by atoms with E-state index in [2.05, 4.69) is 9.88 Å². The van der Waals surface area contributed by atoms with E-state index in [1.165, 1.54) is 31.0 Å². The average molecular weight is 251 g/mol. The van der Waals surface area contributed by atoms with E-state index in [0.717, 1.165) is 19.6 Å². The molecular weight excluding hydrogens is 233 g/mol.